The number of aliphatic carboxylic acids is 1. The lowest BCUT2D eigenvalue weighted by Crippen LogP contribution is -2.54. The Morgan fingerprint density at radius 3 is 2.71 bits per heavy atom. The zero-order valence-electron chi connectivity index (χ0n) is 10.0. The molecule has 0 saturated heterocycles. The van der Waals surface area contributed by atoms with Crippen LogP contribution in [0.25, 0.3) is 0 Å². The fourth-order valence-electron chi connectivity index (χ4n) is 3.71. The standard InChI is InChI=1S/C11H20BNO4/c1-6-8-5-7(3-2-4-12(16)17)11(13,9(6)8)10(14)15/h6-9,16-17H,2-5,13H2,1H3,(H,14,15)/t6-,7-,8?,9?,11-/m1/s1. The van der Waals surface area contributed by atoms with Crippen molar-refractivity contribution in [3.05, 3.63) is 0 Å². The first-order valence-electron chi connectivity index (χ1n) is 6.27. The van der Waals surface area contributed by atoms with Gasteiger partial charge in [-0.3, -0.25) is 4.79 Å². The lowest BCUT2D eigenvalue weighted by Gasteiger charge is -2.30. The van der Waals surface area contributed by atoms with Crippen LogP contribution in [0.5, 0.6) is 0 Å². The van der Waals surface area contributed by atoms with Crippen LogP contribution < -0.4 is 5.73 Å². The van der Waals surface area contributed by atoms with Gasteiger partial charge >= 0.3 is 13.1 Å². The van der Waals surface area contributed by atoms with Crippen molar-refractivity contribution in [1.29, 1.82) is 0 Å². The van der Waals surface area contributed by atoms with E-state index in [0.29, 0.717) is 24.7 Å². The van der Waals surface area contributed by atoms with E-state index in [4.69, 9.17) is 15.8 Å². The van der Waals surface area contributed by atoms with Gasteiger partial charge in [0, 0.05) is 0 Å². The van der Waals surface area contributed by atoms with Crippen molar-refractivity contribution in [2.75, 3.05) is 0 Å². The second-order valence-corrected chi connectivity index (χ2v) is 5.63. The highest BCUT2D eigenvalue weighted by Gasteiger charge is 2.69. The summed E-state index contributed by atoms with van der Waals surface area (Å²) < 4.78 is 0. The molecule has 2 rings (SSSR count). The Kier molecular flexibility index (Phi) is 3.22. The first-order chi connectivity index (χ1) is 7.89. The van der Waals surface area contributed by atoms with Crippen LogP contribution in [0, 0.1) is 23.7 Å². The van der Waals surface area contributed by atoms with Gasteiger partial charge in [-0.15, -0.1) is 0 Å². The second kappa shape index (κ2) is 4.26. The molecule has 5 nitrogen and oxygen atoms in total. The van der Waals surface area contributed by atoms with Crippen molar-refractivity contribution in [3.63, 3.8) is 0 Å². The fourth-order valence-corrected chi connectivity index (χ4v) is 3.71. The summed E-state index contributed by atoms with van der Waals surface area (Å²) in [6, 6.07) is 0. The third-order valence-electron chi connectivity index (χ3n) is 4.73. The fraction of sp³-hybridized carbons (Fsp3) is 0.909. The lowest BCUT2D eigenvalue weighted by atomic mass is 9.76. The molecule has 0 bridgehead atoms. The highest BCUT2D eigenvalue weighted by Crippen LogP contribution is 2.64. The molecule has 2 unspecified atom stereocenters. The minimum atomic E-state index is -1.30. The molecule has 2 aliphatic rings. The summed E-state index contributed by atoms with van der Waals surface area (Å²) >= 11 is 0. The van der Waals surface area contributed by atoms with Gasteiger partial charge in [0.1, 0.15) is 5.54 Å². The number of carboxylic acid groups (broad SMARTS) is 1. The second-order valence-electron chi connectivity index (χ2n) is 5.63. The molecule has 2 saturated carbocycles. The van der Waals surface area contributed by atoms with Crippen molar-refractivity contribution in [2.45, 2.75) is 38.0 Å². The molecule has 0 radical (unpaired) electrons. The quantitative estimate of drug-likeness (QED) is 0.504. The van der Waals surface area contributed by atoms with E-state index >= 15 is 0 Å². The van der Waals surface area contributed by atoms with Gasteiger partial charge in [0.05, 0.1) is 0 Å². The van der Waals surface area contributed by atoms with Crippen LogP contribution in [0.2, 0.25) is 6.32 Å². The van der Waals surface area contributed by atoms with Crippen LogP contribution in [-0.2, 0) is 4.79 Å². The summed E-state index contributed by atoms with van der Waals surface area (Å²) in [4.78, 5) is 11.4. The molecule has 2 aliphatic carbocycles. The number of hydrogen-bond donors (Lipinski definition) is 4. The largest absolute Gasteiger partial charge is 0.480 e. The Bertz CT molecular complexity index is 325. The Balaban J connectivity index is 1.97. The van der Waals surface area contributed by atoms with Gasteiger partial charge in [0.2, 0.25) is 0 Å². The zero-order valence-corrected chi connectivity index (χ0v) is 10.0. The van der Waals surface area contributed by atoms with Gasteiger partial charge in [0.25, 0.3) is 0 Å². The smallest absolute Gasteiger partial charge is 0.451 e. The highest BCUT2D eigenvalue weighted by molar-refractivity contribution is 6.40. The van der Waals surface area contributed by atoms with E-state index in [0.717, 1.165) is 6.42 Å². The summed E-state index contributed by atoms with van der Waals surface area (Å²) in [7, 11) is -1.30. The van der Waals surface area contributed by atoms with Gasteiger partial charge in [-0.2, -0.15) is 0 Å². The van der Waals surface area contributed by atoms with Crippen molar-refractivity contribution in [1.82, 2.24) is 0 Å². The molecular weight excluding hydrogens is 221 g/mol. The number of hydrogen-bond acceptors (Lipinski definition) is 4. The molecule has 0 amide bonds. The highest BCUT2D eigenvalue weighted by atomic mass is 16.4. The average molecular weight is 241 g/mol. The van der Waals surface area contributed by atoms with Gasteiger partial charge in [-0.05, 0) is 42.8 Å². The maximum Gasteiger partial charge on any atom is 0.451 e. The summed E-state index contributed by atoms with van der Waals surface area (Å²) in [5.41, 5.74) is 5.02. The van der Waals surface area contributed by atoms with E-state index in [9.17, 15) is 9.90 Å². The predicted molar refractivity (Wildman–Crippen MR) is 63.0 cm³/mol. The monoisotopic (exact) mass is 241 g/mol. The minimum absolute atomic E-state index is 0.0232. The normalized spacial score (nSPS) is 43.3. The third-order valence-corrected chi connectivity index (χ3v) is 4.73. The number of nitrogens with two attached hydrogens (primary N) is 1. The summed E-state index contributed by atoms with van der Waals surface area (Å²) in [6.45, 7) is 2.06. The van der Waals surface area contributed by atoms with Crippen molar-refractivity contribution in [3.8, 4) is 0 Å². The van der Waals surface area contributed by atoms with Crippen molar-refractivity contribution < 1.29 is 19.9 Å². The molecule has 6 heteroatoms. The van der Waals surface area contributed by atoms with Crippen LogP contribution in [-0.4, -0.2) is 33.8 Å². The molecule has 2 fully saturated rings. The van der Waals surface area contributed by atoms with Crippen LogP contribution in [0.1, 0.15) is 26.2 Å². The average Bonchev–Trinajstić information content (AvgIpc) is 2.73. The molecule has 0 spiro atoms. The summed E-state index contributed by atoms with van der Waals surface area (Å²) in [5, 5.41) is 26.9. The van der Waals surface area contributed by atoms with E-state index in [2.05, 4.69) is 6.92 Å². The van der Waals surface area contributed by atoms with Crippen molar-refractivity contribution >= 4 is 13.1 Å². The Morgan fingerprint density at radius 2 is 2.18 bits per heavy atom. The summed E-state index contributed by atoms with van der Waals surface area (Å²) in [6.07, 6.45) is 2.44. The maximum atomic E-state index is 11.4. The SMILES string of the molecule is C[C@@H]1C2C[C@@H](CCCB(O)O)[C@](N)(C(=O)O)C21. The van der Waals surface area contributed by atoms with E-state index in [1.54, 1.807) is 0 Å². The van der Waals surface area contributed by atoms with E-state index in [1.807, 2.05) is 0 Å². The predicted octanol–water partition coefficient (Wildman–Crippen LogP) is -0.0765. The zero-order chi connectivity index (χ0) is 12.8. The van der Waals surface area contributed by atoms with Gasteiger partial charge in [-0.1, -0.05) is 13.3 Å². The molecule has 5 atom stereocenters. The molecule has 0 aromatic heterocycles. The molecule has 5 N–H and O–H groups in total. The number of rotatable bonds is 5. The van der Waals surface area contributed by atoms with E-state index < -0.39 is 18.6 Å². The van der Waals surface area contributed by atoms with E-state index in [-0.39, 0.29) is 18.2 Å². The molecule has 0 aliphatic heterocycles. The number of fused-ring (bicyclic) bond motifs is 1. The van der Waals surface area contributed by atoms with Crippen LogP contribution in [0.15, 0.2) is 0 Å². The molecule has 17 heavy (non-hydrogen) atoms. The molecule has 0 aromatic rings. The number of carbonyl (C=O) groups is 1. The third kappa shape index (κ3) is 1.98. The van der Waals surface area contributed by atoms with Crippen LogP contribution in [0.4, 0.5) is 0 Å². The number of carboxylic acids is 1. The molecule has 0 heterocycles. The molecular formula is C11H20BNO4. The first kappa shape index (κ1) is 12.9. The Hall–Kier alpha value is -0.585. The molecule has 96 valence electrons. The minimum Gasteiger partial charge on any atom is -0.480 e. The maximum absolute atomic E-state index is 11.4. The molecule has 0 aromatic carbocycles. The van der Waals surface area contributed by atoms with Gasteiger partial charge < -0.3 is 20.9 Å². The summed E-state index contributed by atoms with van der Waals surface area (Å²) in [5.74, 6) is 0.0776. The van der Waals surface area contributed by atoms with Crippen LogP contribution in [0.3, 0.4) is 0 Å². The van der Waals surface area contributed by atoms with E-state index in [1.165, 1.54) is 0 Å². The Morgan fingerprint density at radius 1 is 1.53 bits per heavy atom. The van der Waals surface area contributed by atoms with Gasteiger partial charge in [-0.25, -0.2) is 0 Å². The van der Waals surface area contributed by atoms with Crippen LogP contribution >= 0.6 is 0 Å². The topological polar surface area (TPSA) is 104 Å². The Labute approximate surface area is 101 Å². The van der Waals surface area contributed by atoms with Gasteiger partial charge in [0.15, 0.2) is 0 Å². The van der Waals surface area contributed by atoms with Crippen molar-refractivity contribution in [2.24, 2.45) is 29.4 Å². The lowest BCUT2D eigenvalue weighted by molar-refractivity contribution is -0.146. The first-order valence-corrected chi connectivity index (χ1v) is 6.27.